The normalized spacial score (nSPS) is 26.6. The molecule has 4 heteroatoms. The summed E-state index contributed by atoms with van der Waals surface area (Å²) in [7, 11) is 0. The molecule has 1 aromatic rings. The third-order valence-electron chi connectivity index (χ3n) is 2.71. The van der Waals surface area contributed by atoms with Crippen LogP contribution in [0.3, 0.4) is 0 Å². The van der Waals surface area contributed by atoms with Crippen molar-refractivity contribution in [3.8, 4) is 0 Å². The van der Waals surface area contributed by atoms with E-state index in [4.69, 9.17) is 27.9 Å². The highest BCUT2D eigenvalue weighted by Gasteiger charge is 2.29. The van der Waals surface area contributed by atoms with E-state index in [9.17, 15) is 0 Å². The highest BCUT2D eigenvalue weighted by Crippen LogP contribution is 2.29. The Bertz CT molecular complexity index is 362. The monoisotopic (exact) mass is 245 g/mol. The number of benzene rings is 1. The lowest BCUT2D eigenvalue weighted by Crippen LogP contribution is -2.49. The van der Waals surface area contributed by atoms with Crippen LogP contribution in [0.5, 0.6) is 0 Å². The Balaban J connectivity index is 2.31. The Morgan fingerprint density at radius 1 is 1.33 bits per heavy atom. The number of ether oxygens (including phenoxy) is 1. The summed E-state index contributed by atoms with van der Waals surface area (Å²) in [5, 5.41) is 4.60. The average molecular weight is 246 g/mol. The molecule has 1 aliphatic heterocycles. The van der Waals surface area contributed by atoms with Crippen molar-refractivity contribution in [2.24, 2.45) is 0 Å². The summed E-state index contributed by atoms with van der Waals surface area (Å²) >= 11 is 11.9. The standard InChI is InChI=1S/C11H13Cl2NO/c1-11(7-15-5-4-14-11)8-2-3-9(12)10(13)6-8/h2-3,6,14H,4-5,7H2,1H3. The lowest BCUT2D eigenvalue weighted by Gasteiger charge is -2.35. The quantitative estimate of drug-likeness (QED) is 0.822. The second-order valence-corrected chi connectivity index (χ2v) is 4.75. The van der Waals surface area contributed by atoms with Crippen molar-refractivity contribution >= 4 is 23.2 Å². The zero-order valence-corrected chi connectivity index (χ0v) is 10.0. The molecule has 1 N–H and O–H groups in total. The molecule has 1 aliphatic rings. The first-order chi connectivity index (χ1) is 7.12. The number of morpholine rings is 1. The van der Waals surface area contributed by atoms with Crippen LogP contribution in [0, 0.1) is 0 Å². The van der Waals surface area contributed by atoms with Crippen molar-refractivity contribution in [3.63, 3.8) is 0 Å². The molecule has 0 bridgehead atoms. The molecule has 15 heavy (non-hydrogen) atoms. The van der Waals surface area contributed by atoms with Crippen LogP contribution in [0.25, 0.3) is 0 Å². The molecule has 0 aliphatic carbocycles. The fourth-order valence-corrected chi connectivity index (χ4v) is 2.05. The lowest BCUT2D eigenvalue weighted by atomic mass is 9.92. The molecule has 0 spiro atoms. The molecule has 1 unspecified atom stereocenters. The van der Waals surface area contributed by atoms with E-state index in [1.165, 1.54) is 0 Å². The predicted molar refractivity (Wildman–Crippen MR) is 62.6 cm³/mol. The molecule has 1 heterocycles. The van der Waals surface area contributed by atoms with Crippen molar-refractivity contribution in [2.75, 3.05) is 19.8 Å². The molecule has 2 nitrogen and oxygen atoms in total. The maximum atomic E-state index is 5.99. The molecule has 2 rings (SSSR count). The maximum Gasteiger partial charge on any atom is 0.0688 e. The smallest absolute Gasteiger partial charge is 0.0688 e. The number of halogens is 2. The van der Waals surface area contributed by atoms with E-state index in [0.717, 1.165) is 18.7 Å². The van der Waals surface area contributed by atoms with E-state index < -0.39 is 0 Å². The second-order valence-electron chi connectivity index (χ2n) is 3.94. The fourth-order valence-electron chi connectivity index (χ4n) is 1.75. The molecule has 0 aromatic heterocycles. The van der Waals surface area contributed by atoms with Crippen LogP contribution < -0.4 is 5.32 Å². The van der Waals surface area contributed by atoms with Gasteiger partial charge in [0.25, 0.3) is 0 Å². The zero-order valence-electron chi connectivity index (χ0n) is 8.52. The highest BCUT2D eigenvalue weighted by atomic mass is 35.5. The van der Waals surface area contributed by atoms with Crippen LogP contribution >= 0.6 is 23.2 Å². The minimum atomic E-state index is -0.160. The fraction of sp³-hybridized carbons (Fsp3) is 0.455. The largest absolute Gasteiger partial charge is 0.378 e. The summed E-state index contributed by atoms with van der Waals surface area (Å²) in [6.07, 6.45) is 0. The maximum absolute atomic E-state index is 5.99. The number of rotatable bonds is 1. The van der Waals surface area contributed by atoms with Gasteiger partial charge in [-0.05, 0) is 24.6 Å². The second kappa shape index (κ2) is 4.30. The minimum absolute atomic E-state index is 0.160. The van der Waals surface area contributed by atoms with Crippen LogP contribution in [0.15, 0.2) is 18.2 Å². The number of hydrogen-bond acceptors (Lipinski definition) is 2. The van der Waals surface area contributed by atoms with E-state index in [0.29, 0.717) is 16.7 Å². The molecule has 1 aromatic carbocycles. The molecule has 1 fully saturated rings. The molecule has 1 atom stereocenters. The molecular formula is C11H13Cl2NO. The Kier molecular flexibility index (Phi) is 3.21. The van der Waals surface area contributed by atoms with Gasteiger partial charge in [0.1, 0.15) is 0 Å². The van der Waals surface area contributed by atoms with Crippen molar-refractivity contribution in [1.82, 2.24) is 5.32 Å². The van der Waals surface area contributed by atoms with E-state index in [2.05, 4.69) is 12.2 Å². The third-order valence-corrected chi connectivity index (χ3v) is 3.45. The van der Waals surface area contributed by atoms with Gasteiger partial charge in [0.15, 0.2) is 0 Å². The molecule has 1 saturated heterocycles. The molecular weight excluding hydrogens is 233 g/mol. The summed E-state index contributed by atoms with van der Waals surface area (Å²) in [4.78, 5) is 0. The van der Waals surface area contributed by atoms with Crippen molar-refractivity contribution in [3.05, 3.63) is 33.8 Å². The van der Waals surface area contributed by atoms with Crippen molar-refractivity contribution < 1.29 is 4.74 Å². The van der Waals surface area contributed by atoms with Gasteiger partial charge in [0.05, 0.1) is 28.8 Å². The molecule has 0 radical (unpaired) electrons. The van der Waals surface area contributed by atoms with Gasteiger partial charge in [-0.25, -0.2) is 0 Å². The SMILES string of the molecule is CC1(c2ccc(Cl)c(Cl)c2)COCCN1. The Hall–Kier alpha value is -0.280. The third kappa shape index (κ3) is 2.28. The Labute approximate surface area is 99.5 Å². The highest BCUT2D eigenvalue weighted by molar-refractivity contribution is 6.42. The number of hydrogen-bond donors (Lipinski definition) is 1. The zero-order chi connectivity index (χ0) is 10.9. The van der Waals surface area contributed by atoms with Crippen LogP contribution in [-0.4, -0.2) is 19.8 Å². The summed E-state index contributed by atoms with van der Waals surface area (Å²) in [6, 6.07) is 5.70. The average Bonchev–Trinajstić information content (AvgIpc) is 2.23. The first-order valence-corrected chi connectivity index (χ1v) is 5.66. The van der Waals surface area contributed by atoms with Crippen molar-refractivity contribution in [1.29, 1.82) is 0 Å². The lowest BCUT2D eigenvalue weighted by molar-refractivity contribution is 0.0339. The van der Waals surface area contributed by atoms with E-state index in [1.807, 2.05) is 18.2 Å². The topological polar surface area (TPSA) is 21.3 Å². The van der Waals surface area contributed by atoms with Gasteiger partial charge < -0.3 is 10.1 Å². The molecule has 0 saturated carbocycles. The first-order valence-electron chi connectivity index (χ1n) is 4.90. The van der Waals surface area contributed by atoms with Gasteiger partial charge in [0, 0.05) is 6.54 Å². The van der Waals surface area contributed by atoms with E-state index >= 15 is 0 Å². The van der Waals surface area contributed by atoms with E-state index in [-0.39, 0.29) is 5.54 Å². The minimum Gasteiger partial charge on any atom is -0.378 e. The van der Waals surface area contributed by atoms with Gasteiger partial charge in [-0.3, -0.25) is 0 Å². The molecule has 0 amide bonds. The van der Waals surface area contributed by atoms with Gasteiger partial charge in [-0.2, -0.15) is 0 Å². The van der Waals surface area contributed by atoms with Crippen LogP contribution in [0.1, 0.15) is 12.5 Å². The summed E-state index contributed by atoms with van der Waals surface area (Å²) in [6.45, 7) is 4.38. The summed E-state index contributed by atoms with van der Waals surface area (Å²) < 4.78 is 5.47. The molecule has 82 valence electrons. The first kappa shape index (κ1) is 11.2. The predicted octanol–water partition coefficient (Wildman–Crippen LogP) is 2.83. The Morgan fingerprint density at radius 3 is 2.73 bits per heavy atom. The van der Waals surface area contributed by atoms with Crippen LogP contribution in [0.4, 0.5) is 0 Å². The Morgan fingerprint density at radius 2 is 2.13 bits per heavy atom. The van der Waals surface area contributed by atoms with Crippen molar-refractivity contribution in [2.45, 2.75) is 12.5 Å². The summed E-state index contributed by atoms with van der Waals surface area (Å²) in [5.74, 6) is 0. The van der Waals surface area contributed by atoms with Crippen LogP contribution in [-0.2, 0) is 10.3 Å². The van der Waals surface area contributed by atoms with Crippen LogP contribution in [0.2, 0.25) is 10.0 Å². The van der Waals surface area contributed by atoms with Gasteiger partial charge >= 0.3 is 0 Å². The van der Waals surface area contributed by atoms with Gasteiger partial charge in [-0.15, -0.1) is 0 Å². The van der Waals surface area contributed by atoms with E-state index in [1.54, 1.807) is 0 Å². The van der Waals surface area contributed by atoms with Gasteiger partial charge in [-0.1, -0.05) is 29.3 Å². The summed E-state index contributed by atoms with van der Waals surface area (Å²) in [5.41, 5.74) is 0.948. The number of nitrogens with one attached hydrogen (secondary N) is 1. The van der Waals surface area contributed by atoms with Gasteiger partial charge in [0.2, 0.25) is 0 Å².